The third kappa shape index (κ3) is 3.85. The van der Waals surface area contributed by atoms with Crippen LogP contribution in [-0.4, -0.2) is 12.3 Å². The molecule has 0 N–H and O–H groups in total. The Balaban J connectivity index is 4.76. The SMILES string of the molecule is C=C/C(=C(\C)OC(C)CC)C(F)(F)F. The molecule has 0 aliphatic carbocycles. The zero-order chi connectivity index (χ0) is 11.4. The Bertz CT molecular complexity index is 228. The van der Waals surface area contributed by atoms with Crippen molar-refractivity contribution in [2.75, 3.05) is 0 Å². The Morgan fingerprint density at radius 3 is 2.29 bits per heavy atom. The fourth-order valence-corrected chi connectivity index (χ4v) is 0.908. The summed E-state index contributed by atoms with van der Waals surface area (Å²) in [4.78, 5) is 0. The van der Waals surface area contributed by atoms with Gasteiger partial charge in [-0.2, -0.15) is 13.2 Å². The minimum absolute atomic E-state index is 0.123. The molecule has 0 heterocycles. The molecule has 0 aliphatic rings. The predicted octanol–water partition coefficient (Wildman–Crippen LogP) is 3.82. The van der Waals surface area contributed by atoms with Crippen molar-refractivity contribution in [3.05, 3.63) is 24.0 Å². The van der Waals surface area contributed by atoms with Crippen molar-refractivity contribution in [3.63, 3.8) is 0 Å². The molecule has 0 rings (SSSR count). The number of hydrogen-bond donors (Lipinski definition) is 0. The van der Waals surface area contributed by atoms with Gasteiger partial charge in [0.2, 0.25) is 0 Å². The van der Waals surface area contributed by atoms with E-state index in [4.69, 9.17) is 4.74 Å². The van der Waals surface area contributed by atoms with E-state index in [2.05, 4.69) is 6.58 Å². The first-order chi connectivity index (χ1) is 6.32. The molecule has 0 aliphatic heterocycles. The first-order valence-electron chi connectivity index (χ1n) is 4.40. The molecule has 0 bridgehead atoms. The predicted molar refractivity (Wildman–Crippen MR) is 49.8 cm³/mol. The Morgan fingerprint density at radius 2 is 2.00 bits per heavy atom. The smallest absolute Gasteiger partial charge is 0.419 e. The fourth-order valence-electron chi connectivity index (χ4n) is 0.908. The molecule has 82 valence electrons. The quantitative estimate of drug-likeness (QED) is 0.504. The lowest BCUT2D eigenvalue weighted by molar-refractivity contribution is -0.0924. The van der Waals surface area contributed by atoms with E-state index in [1.807, 2.05) is 6.92 Å². The summed E-state index contributed by atoms with van der Waals surface area (Å²) in [6.07, 6.45) is -3.16. The number of ether oxygens (including phenoxy) is 1. The number of alkyl halides is 3. The van der Waals surface area contributed by atoms with E-state index in [0.29, 0.717) is 6.42 Å². The van der Waals surface area contributed by atoms with Crippen molar-refractivity contribution >= 4 is 0 Å². The molecule has 4 heteroatoms. The number of halogens is 3. The molecule has 0 aromatic heterocycles. The zero-order valence-electron chi connectivity index (χ0n) is 8.61. The van der Waals surface area contributed by atoms with Crippen molar-refractivity contribution in [1.29, 1.82) is 0 Å². The van der Waals surface area contributed by atoms with Crippen molar-refractivity contribution in [2.24, 2.45) is 0 Å². The van der Waals surface area contributed by atoms with Crippen LogP contribution in [0.1, 0.15) is 27.2 Å². The highest BCUT2D eigenvalue weighted by Crippen LogP contribution is 2.29. The lowest BCUT2D eigenvalue weighted by atomic mass is 10.2. The highest BCUT2D eigenvalue weighted by molar-refractivity contribution is 5.24. The summed E-state index contributed by atoms with van der Waals surface area (Å²) in [6.45, 7) is 8.00. The third-order valence-corrected chi connectivity index (χ3v) is 1.84. The fraction of sp³-hybridized carbons (Fsp3) is 0.600. The molecule has 0 spiro atoms. The molecule has 1 atom stereocenters. The number of allylic oxidation sites excluding steroid dienone is 3. The van der Waals surface area contributed by atoms with Gasteiger partial charge in [0.05, 0.1) is 11.7 Å². The molecule has 0 saturated heterocycles. The van der Waals surface area contributed by atoms with Gasteiger partial charge in [0.1, 0.15) is 5.76 Å². The van der Waals surface area contributed by atoms with Crippen LogP contribution in [0.3, 0.4) is 0 Å². The van der Waals surface area contributed by atoms with Gasteiger partial charge in [0.25, 0.3) is 0 Å². The van der Waals surface area contributed by atoms with E-state index in [1.165, 1.54) is 6.92 Å². The number of hydrogen-bond acceptors (Lipinski definition) is 1. The van der Waals surface area contributed by atoms with E-state index in [9.17, 15) is 13.2 Å². The van der Waals surface area contributed by atoms with Crippen molar-refractivity contribution < 1.29 is 17.9 Å². The van der Waals surface area contributed by atoms with Crippen molar-refractivity contribution in [1.82, 2.24) is 0 Å². The Morgan fingerprint density at radius 1 is 1.50 bits per heavy atom. The maximum Gasteiger partial charge on any atom is 0.419 e. The first kappa shape index (κ1) is 13.1. The summed E-state index contributed by atoms with van der Waals surface area (Å²) in [5, 5.41) is 0. The summed E-state index contributed by atoms with van der Waals surface area (Å²) in [5.74, 6) is -0.123. The van der Waals surface area contributed by atoms with Gasteiger partial charge in [-0.15, -0.1) is 0 Å². The maximum atomic E-state index is 12.3. The Kier molecular flexibility index (Phi) is 4.74. The highest BCUT2D eigenvalue weighted by atomic mass is 19.4. The molecule has 0 amide bonds. The third-order valence-electron chi connectivity index (χ3n) is 1.84. The standard InChI is InChI=1S/C10H15F3O/c1-5-7(3)14-8(4)9(6-2)10(11,12)13/h6-7H,2,5H2,1,3-4H3/b9-8-. The second-order valence-electron chi connectivity index (χ2n) is 3.01. The van der Waals surface area contributed by atoms with Crippen LogP contribution in [0.4, 0.5) is 13.2 Å². The largest absolute Gasteiger partial charge is 0.495 e. The van der Waals surface area contributed by atoms with E-state index in [1.54, 1.807) is 6.92 Å². The van der Waals surface area contributed by atoms with Crippen LogP contribution in [0, 0.1) is 0 Å². The van der Waals surface area contributed by atoms with Gasteiger partial charge >= 0.3 is 6.18 Å². The average molecular weight is 208 g/mol. The average Bonchev–Trinajstić information content (AvgIpc) is 2.02. The summed E-state index contributed by atoms with van der Waals surface area (Å²) >= 11 is 0. The second kappa shape index (κ2) is 5.08. The molecular formula is C10H15F3O. The van der Waals surface area contributed by atoms with E-state index in [-0.39, 0.29) is 11.9 Å². The van der Waals surface area contributed by atoms with Crippen LogP contribution in [-0.2, 0) is 4.74 Å². The topological polar surface area (TPSA) is 9.23 Å². The van der Waals surface area contributed by atoms with E-state index in [0.717, 1.165) is 6.08 Å². The van der Waals surface area contributed by atoms with Gasteiger partial charge in [-0.1, -0.05) is 19.6 Å². The van der Waals surface area contributed by atoms with Gasteiger partial charge in [0.15, 0.2) is 0 Å². The molecule has 1 nitrogen and oxygen atoms in total. The molecule has 0 aromatic rings. The van der Waals surface area contributed by atoms with Gasteiger partial charge in [-0.05, 0) is 20.3 Å². The van der Waals surface area contributed by atoms with Crippen LogP contribution in [0.2, 0.25) is 0 Å². The molecule has 0 aromatic carbocycles. The summed E-state index contributed by atoms with van der Waals surface area (Å²) in [7, 11) is 0. The first-order valence-corrected chi connectivity index (χ1v) is 4.40. The van der Waals surface area contributed by atoms with Crippen LogP contribution in [0.5, 0.6) is 0 Å². The van der Waals surface area contributed by atoms with E-state index < -0.39 is 11.7 Å². The monoisotopic (exact) mass is 208 g/mol. The summed E-state index contributed by atoms with van der Waals surface area (Å²) < 4.78 is 42.0. The van der Waals surface area contributed by atoms with Gasteiger partial charge in [-0.3, -0.25) is 0 Å². The van der Waals surface area contributed by atoms with Crippen LogP contribution in [0.15, 0.2) is 24.0 Å². The van der Waals surface area contributed by atoms with Crippen molar-refractivity contribution in [2.45, 2.75) is 39.5 Å². The molecule has 0 radical (unpaired) electrons. The highest BCUT2D eigenvalue weighted by Gasteiger charge is 2.34. The molecule has 1 unspecified atom stereocenters. The normalized spacial score (nSPS) is 15.9. The molecule has 14 heavy (non-hydrogen) atoms. The lowest BCUT2D eigenvalue weighted by Crippen LogP contribution is -2.15. The number of rotatable bonds is 4. The van der Waals surface area contributed by atoms with Gasteiger partial charge in [-0.25, -0.2) is 0 Å². The van der Waals surface area contributed by atoms with Crippen LogP contribution >= 0.6 is 0 Å². The Labute approximate surface area is 82.3 Å². The van der Waals surface area contributed by atoms with E-state index >= 15 is 0 Å². The zero-order valence-corrected chi connectivity index (χ0v) is 8.61. The molecular weight excluding hydrogens is 193 g/mol. The summed E-state index contributed by atoms with van der Waals surface area (Å²) in [6, 6.07) is 0. The molecule has 0 saturated carbocycles. The lowest BCUT2D eigenvalue weighted by Gasteiger charge is -2.17. The summed E-state index contributed by atoms with van der Waals surface area (Å²) in [5.41, 5.74) is -0.808. The Hall–Kier alpha value is -0.930. The maximum absolute atomic E-state index is 12.3. The minimum Gasteiger partial charge on any atom is -0.495 e. The van der Waals surface area contributed by atoms with Gasteiger partial charge in [0, 0.05) is 0 Å². The minimum atomic E-state index is -4.39. The molecule has 0 fully saturated rings. The second-order valence-corrected chi connectivity index (χ2v) is 3.01. The van der Waals surface area contributed by atoms with Gasteiger partial charge < -0.3 is 4.74 Å². The van der Waals surface area contributed by atoms with Crippen LogP contribution < -0.4 is 0 Å². The van der Waals surface area contributed by atoms with Crippen LogP contribution in [0.25, 0.3) is 0 Å². The van der Waals surface area contributed by atoms with Crippen molar-refractivity contribution in [3.8, 4) is 0 Å².